The number of nitrogens with zero attached hydrogens (tertiary/aromatic N) is 1. The molecule has 2 N–H and O–H groups in total. The zero-order valence-corrected chi connectivity index (χ0v) is 12.3. The number of aliphatic carboxylic acids is 1. The van der Waals surface area contributed by atoms with E-state index in [9.17, 15) is 9.59 Å². The standard InChI is InChI=1S/C14H28N2O3/c1-3-4-5-6-7-8-9-10-11-15-14(19)16(2)12-13(17)18/h3-12H2,1-2H3,(H,15,19)(H,17,18). The second-order valence-electron chi connectivity index (χ2n) is 4.96. The van der Waals surface area contributed by atoms with Gasteiger partial charge in [-0.15, -0.1) is 0 Å². The molecule has 0 aliphatic carbocycles. The van der Waals surface area contributed by atoms with Crippen LogP contribution in [0.15, 0.2) is 0 Å². The lowest BCUT2D eigenvalue weighted by molar-refractivity contribution is -0.137. The molecule has 0 radical (unpaired) electrons. The molecule has 0 spiro atoms. The van der Waals surface area contributed by atoms with Gasteiger partial charge in [-0.2, -0.15) is 0 Å². The third-order valence-electron chi connectivity index (χ3n) is 3.03. The predicted molar refractivity (Wildman–Crippen MR) is 76.3 cm³/mol. The molecule has 0 bridgehead atoms. The first-order valence-electron chi connectivity index (χ1n) is 7.28. The summed E-state index contributed by atoms with van der Waals surface area (Å²) in [7, 11) is 1.48. The fourth-order valence-electron chi connectivity index (χ4n) is 1.86. The van der Waals surface area contributed by atoms with Crippen LogP contribution in [-0.4, -0.2) is 42.1 Å². The molecule has 5 heteroatoms. The Labute approximate surface area is 116 Å². The first kappa shape index (κ1) is 17.7. The lowest BCUT2D eigenvalue weighted by Crippen LogP contribution is -2.40. The fourth-order valence-corrected chi connectivity index (χ4v) is 1.86. The van der Waals surface area contributed by atoms with E-state index in [1.54, 1.807) is 0 Å². The van der Waals surface area contributed by atoms with Crippen LogP contribution in [0.4, 0.5) is 4.79 Å². The van der Waals surface area contributed by atoms with E-state index in [1.807, 2.05) is 0 Å². The number of unbranched alkanes of at least 4 members (excludes halogenated alkanes) is 7. The second kappa shape index (κ2) is 11.8. The molecule has 0 saturated heterocycles. The molecular weight excluding hydrogens is 244 g/mol. The number of likely N-dealkylation sites (N-methyl/N-ethyl adjacent to an activating group) is 1. The van der Waals surface area contributed by atoms with Gasteiger partial charge in [0.1, 0.15) is 6.54 Å². The van der Waals surface area contributed by atoms with Gasteiger partial charge < -0.3 is 15.3 Å². The van der Waals surface area contributed by atoms with Gasteiger partial charge in [0.05, 0.1) is 0 Å². The van der Waals surface area contributed by atoms with E-state index in [4.69, 9.17) is 5.11 Å². The summed E-state index contributed by atoms with van der Waals surface area (Å²) < 4.78 is 0. The second-order valence-corrected chi connectivity index (χ2v) is 4.96. The summed E-state index contributed by atoms with van der Waals surface area (Å²) in [5.41, 5.74) is 0. The van der Waals surface area contributed by atoms with Crippen molar-refractivity contribution >= 4 is 12.0 Å². The molecule has 112 valence electrons. The molecule has 0 saturated carbocycles. The molecule has 0 fully saturated rings. The van der Waals surface area contributed by atoms with Gasteiger partial charge in [-0.1, -0.05) is 51.9 Å². The number of hydrogen-bond acceptors (Lipinski definition) is 2. The highest BCUT2D eigenvalue weighted by molar-refractivity contribution is 5.79. The van der Waals surface area contributed by atoms with E-state index >= 15 is 0 Å². The van der Waals surface area contributed by atoms with Crippen LogP contribution >= 0.6 is 0 Å². The average molecular weight is 272 g/mol. The van der Waals surface area contributed by atoms with Crippen LogP contribution in [0.3, 0.4) is 0 Å². The van der Waals surface area contributed by atoms with E-state index < -0.39 is 5.97 Å². The number of carboxylic acids is 1. The van der Waals surface area contributed by atoms with E-state index in [0.717, 1.165) is 12.8 Å². The molecule has 0 heterocycles. The number of rotatable bonds is 11. The third-order valence-corrected chi connectivity index (χ3v) is 3.03. The molecule has 0 aliphatic rings. The van der Waals surface area contributed by atoms with Gasteiger partial charge in [-0.05, 0) is 6.42 Å². The maximum absolute atomic E-state index is 11.4. The van der Waals surface area contributed by atoms with Gasteiger partial charge in [-0.25, -0.2) is 4.79 Å². The van der Waals surface area contributed by atoms with Crippen LogP contribution in [0.1, 0.15) is 58.3 Å². The van der Waals surface area contributed by atoms with Crippen LogP contribution in [0, 0.1) is 0 Å². The van der Waals surface area contributed by atoms with Crippen LogP contribution < -0.4 is 5.32 Å². The van der Waals surface area contributed by atoms with Crippen molar-refractivity contribution in [3.8, 4) is 0 Å². The zero-order chi connectivity index (χ0) is 14.5. The minimum Gasteiger partial charge on any atom is -0.480 e. The van der Waals surface area contributed by atoms with Crippen molar-refractivity contribution in [2.75, 3.05) is 20.1 Å². The zero-order valence-electron chi connectivity index (χ0n) is 12.3. The Hall–Kier alpha value is -1.26. The van der Waals surface area contributed by atoms with Crippen molar-refractivity contribution in [1.29, 1.82) is 0 Å². The first-order chi connectivity index (χ1) is 9.07. The van der Waals surface area contributed by atoms with Crippen molar-refractivity contribution in [3.63, 3.8) is 0 Å². The van der Waals surface area contributed by atoms with Crippen molar-refractivity contribution in [3.05, 3.63) is 0 Å². The summed E-state index contributed by atoms with van der Waals surface area (Å²) in [6.07, 6.45) is 9.80. The molecular formula is C14H28N2O3. The maximum Gasteiger partial charge on any atom is 0.323 e. The Kier molecular flexibility index (Phi) is 11.0. The summed E-state index contributed by atoms with van der Waals surface area (Å²) >= 11 is 0. The first-order valence-corrected chi connectivity index (χ1v) is 7.28. The highest BCUT2D eigenvalue weighted by Gasteiger charge is 2.10. The molecule has 2 amide bonds. The van der Waals surface area contributed by atoms with Crippen molar-refractivity contribution < 1.29 is 14.7 Å². The van der Waals surface area contributed by atoms with E-state index in [1.165, 1.54) is 50.5 Å². The lowest BCUT2D eigenvalue weighted by Gasteiger charge is -2.15. The SMILES string of the molecule is CCCCCCCCCCNC(=O)N(C)CC(=O)O. The molecule has 0 rings (SSSR count). The van der Waals surface area contributed by atoms with Crippen LogP contribution in [0.2, 0.25) is 0 Å². The summed E-state index contributed by atoms with van der Waals surface area (Å²) in [5, 5.41) is 11.3. The monoisotopic (exact) mass is 272 g/mol. The van der Waals surface area contributed by atoms with Crippen molar-refractivity contribution in [2.45, 2.75) is 58.3 Å². The number of carbonyl (C=O) groups is 2. The summed E-state index contributed by atoms with van der Waals surface area (Å²) in [4.78, 5) is 23.0. The predicted octanol–water partition coefficient (Wildman–Crippen LogP) is 2.85. The number of nitrogens with one attached hydrogen (secondary N) is 1. The molecule has 0 aromatic carbocycles. The fraction of sp³-hybridized carbons (Fsp3) is 0.857. The van der Waals surface area contributed by atoms with Gasteiger partial charge in [0.25, 0.3) is 0 Å². The van der Waals surface area contributed by atoms with Gasteiger partial charge in [0.2, 0.25) is 0 Å². The molecule has 0 atom stereocenters. The Morgan fingerprint density at radius 1 is 1.00 bits per heavy atom. The topological polar surface area (TPSA) is 69.6 Å². The number of amides is 2. The number of carboxylic acid groups (broad SMARTS) is 1. The summed E-state index contributed by atoms with van der Waals surface area (Å²) in [5.74, 6) is -0.996. The Morgan fingerprint density at radius 3 is 2.05 bits per heavy atom. The minimum atomic E-state index is -0.996. The van der Waals surface area contributed by atoms with Gasteiger partial charge in [0, 0.05) is 13.6 Å². The molecule has 5 nitrogen and oxygen atoms in total. The molecule has 0 aromatic heterocycles. The normalized spacial score (nSPS) is 10.2. The van der Waals surface area contributed by atoms with Gasteiger partial charge in [-0.3, -0.25) is 4.79 Å². The Morgan fingerprint density at radius 2 is 1.53 bits per heavy atom. The van der Waals surface area contributed by atoms with Crippen LogP contribution in [-0.2, 0) is 4.79 Å². The number of carbonyl (C=O) groups excluding carboxylic acids is 1. The third kappa shape index (κ3) is 11.6. The molecule has 0 aliphatic heterocycles. The maximum atomic E-state index is 11.4. The summed E-state index contributed by atoms with van der Waals surface area (Å²) in [6, 6.07) is -0.314. The van der Waals surface area contributed by atoms with E-state index in [0.29, 0.717) is 6.54 Å². The van der Waals surface area contributed by atoms with Crippen molar-refractivity contribution in [2.24, 2.45) is 0 Å². The minimum absolute atomic E-state index is 0.261. The number of urea groups is 1. The van der Waals surface area contributed by atoms with Crippen LogP contribution in [0.5, 0.6) is 0 Å². The van der Waals surface area contributed by atoms with E-state index in [-0.39, 0.29) is 12.6 Å². The Bertz CT molecular complexity index is 257. The summed E-state index contributed by atoms with van der Waals surface area (Å²) in [6.45, 7) is 2.57. The van der Waals surface area contributed by atoms with Gasteiger partial charge in [0.15, 0.2) is 0 Å². The molecule has 0 aromatic rings. The van der Waals surface area contributed by atoms with Gasteiger partial charge >= 0.3 is 12.0 Å². The molecule has 0 unspecified atom stereocenters. The average Bonchev–Trinajstić information content (AvgIpc) is 2.35. The highest BCUT2D eigenvalue weighted by Crippen LogP contribution is 2.07. The van der Waals surface area contributed by atoms with E-state index in [2.05, 4.69) is 12.2 Å². The van der Waals surface area contributed by atoms with Crippen LogP contribution in [0.25, 0.3) is 0 Å². The Balaban J connectivity index is 3.34. The highest BCUT2D eigenvalue weighted by atomic mass is 16.4. The molecule has 19 heavy (non-hydrogen) atoms. The van der Waals surface area contributed by atoms with Crippen molar-refractivity contribution in [1.82, 2.24) is 10.2 Å². The quantitative estimate of drug-likeness (QED) is 0.568. The number of hydrogen-bond donors (Lipinski definition) is 2. The largest absolute Gasteiger partial charge is 0.480 e. The lowest BCUT2D eigenvalue weighted by atomic mass is 10.1. The smallest absolute Gasteiger partial charge is 0.323 e.